The third-order valence-corrected chi connectivity index (χ3v) is 9.01. The number of rotatable bonds is 11. The van der Waals surface area contributed by atoms with Crippen LogP contribution in [0.15, 0.2) is 133 Å². The number of nitrogens with zero attached hydrogens (tertiary/aromatic N) is 1. The number of aliphatic carboxylic acids is 1. The van der Waals surface area contributed by atoms with E-state index in [1.165, 1.54) is 4.90 Å². The summed E-state index contributed by atoms with van der Waals surface area (Å²) in [6.45, 7) is 1.95. The minimum Gasteiger partial charge on any atom is -0.480 e. The average Bonchev–Trinajstić information content (AvgIpc) is 3.41. The zero-order valence-corrected chi connectivity index (χ0v) is 26.1. The molecule has 5 aromatic rings. The molecule has 6 rings (SSSR count). The topological polar surface area (TPSA) is 110 Å². The number of ether oxygens (including phenoxy) is 1. The molecule has 0 spiro atoms. The van der Waals surface area contributed by atoms with Gasteiger partial charge in [-0.15, -0.1) is 0 Å². The van der Waals surface area contributed by atoms with Crippen molar-refractivity contribution in [1.82, 2.24) is 4.90 Å². The molecule has 0 aliphatic heterocycles. The fraction of sp³-hybridized carbons (Fsp3) is 0.175. The summed E-state index contributed by atoms with van der Waals surface area (Å²) in [4.78, 5) is 41.5. The molecule has 0 radical (unpaired) electrons. The van der Waals surface area contributed by atoms with Gasteiger partial charge in [-0.3, -0.25) is 9.69 Å². The van der Waals surface area contributed by atoms with Crippen molar-refractivity contribution in [3.8, 4) is 11.1 Å². The molecule has 5 aromatic carbocycles. The number of aryl methyl sites for hydroxylation is 1. The SMILES string of the molecule is Cc1ccc(C(c2ccccc2)(c2ccccc2)N(C(=O)OCC2c3ccccc3-c3ccccc32)[C@@H](CCC(N)=O)C(=O)O)cc1. The number of fused-ring (bicyclic) bond motifs is 3. The number of carbonyl (C=O) groups excluding carboxylic acids is 2. The molecular formula is C40H36N2O5. The van der Waals surface area contributed by atoms with Crippen LogP contribution >= 0.6 is 0 Å². The van der Waals surface area contributed by atoms with Crippen LogP contribution in [-0.2, 0) is 19.9 Å². The predicted octanol–water partition coefficient (Wildman–Crippen LogP) is 7.26. The molecule has 0 fully saturated rings. The molecule has 3 N–H and O–H groups in total. The Morgan fingerprint density at radius 3 is 1.68 bits per heavy atom. The minimum atomic E-state index is -1.47. The Bertz CT molecular complexity index is 1800. The molecule has 0 heterocycles. The highest BCUT2D eigenvalue weighted by Crippen LogP contribution is 2.47. The normalized spacial score (nSPS) is 12.9. The van der Waals surface area contributed by atoms with E-state index in [4.69, 9.17) is 10.5 Å². The van der Waals surface area contributed by atoms with Gasteiger partial charge in [0, 0.05) is 12.3 Å². The van der Waals surface area contributed by atoms with Gasteiger partial charge in [-0.1, -0.05) is 139 Å². The van der Waals surface area contributed by atoms with E-state index in [2.05, 4.69) is 12.1 Å². The van der Waals surface area contributed by atoms with E-state index in [-0.39, 0.29) is 25.4 Å². The third kappa shape index (κ3) is 5.88. The Labute approximate surface area is 274 Å². The van der Waals surface area contributed by atoms with Gasteiger partial charge >= 0.3 is 12.1 Å². The summed E-state index contributed by atoms with van der Waals surface area (Å²) in [6, 6.07) is 41.0. The first-order chi connectivity index (χ1) is 22.8. The molecule has 1 aliphatic rings. The van der Waals surface area contributed by atoms with Crippen LogP contribution in [0, 0.1) is 6.92 Å². The molecule has 0 saturated heterocycles. The monoisotopic (exact) mass is 624 g/mol. The van der Waals surface area contributed by atoms with Crippen LogP contribution in [0.1, 0.15) is 52.1 Å². The van der Waals surface area contributed by atoms with Crippen molar-refractivity contribution >= 4 is 18.0 Å². The van der Waals surface area contributed by atoms with Crippen LogP contribution in [-0.4, -0.2) is 40.6 Å². The number of carbonyl (C=O) groups is 3. The summed E-state index contributed by atoms with van der Waals surface area (Å²) in [7, 11) is 0. The van der Waals surface area contributed by atoms with Gasteiger partial charge in [0.25, 0.3) is 0 Å². The second kappa shape index (κ2) is 13.3. The van der Waals surface area contributed by atoms with Crippen LogP contribution < -0.4 is 5.73 Å². The quantitative estimate of drug-likeness (QED) is 0.150. The molecule has 0 saturated carbocycles. The van der Waals surface area contributed by atoms with Crippen molar-refractivity contribution in [2.75, 3.05) is 6.61 Å². The number of hydrogen-bond donors (Lipinski definition) is 2. The molecular weight excluding hydrogens is 588 g/mol. The highest BCUT2D eigenvalue weighted by atomic mass is 16.6. The average molecular weight is 625 g/mol. The zero-order valence-electron chi connectivity index (χ0n) is 26.1. The van der Waals surface area contributed by atoms with Crippen LogP contribution in [0.5, 0.6) is 0 Å². The maximum atomic E-state index is 14.9. The summed E-state index contributed by atoms with van der Waals surface area (Å²) in [5.41, 5.74) is 11.3. The van der Waals surface area contributed by atoms with Crippen LogP contribution in [0.4, 0.5) is 4.79 Å². The fourth-order valence-electron chi connectivity index (χ4n) is 6.87. The summed E-state index contributed by atoms with van der Waals surface area (Å²) >= 11 is 0. The van der Waals surface area contributed by atoms with Crippen molar-refractivity contribution in [3.05, 3.63) is 167 Å². The highest BCUT2D eigenvalue weighted by Gasteiger charge is 2.51. The van der Waals surface area contributed by atoms with E-state index in [0.717, 1.165) is 27.8 Å². The smallest absolute Gasteiger partial charge is 0.411 e. The molecule has 7 nitrogen and oxygen atoms in total. The summed E-state index contributed by atoms with van der Waals surface area (Å²) in [5, 5.41) is 10.8. The molecule has 236 valence electrons. The van der Waals surface area contributed by atoms with Gasteiger partial charge in [-0.05, 0) is 52.3 Å². The summed E-state index contributed by atoms with van der Waals surface area (Å²) in [5.74, 6) is -2.18. The van der Waals surface area contributed by atoms with E-state index >= 15 is 0 Å². The first-order valence-corrected chi connectivity index (χ1v) is 15.7. The number of primary amides is 1. The Morgan fingerprint density at radius 2 is 1.19 bits per heavy atom. The lowest BCUT2D eigenvalue weighted by Gasteiger charge is -2.47. The largest absolute Gasteiger partial charge is 0.480 e. The van der Waals surface area contributed by atoms with Crippen molar-refractivity contribution in [1.29, 1.82) is 0 Å². The lowest BCUT2D eigenvalue weighted by atomic mass is 9.74. The molecule has 2 amide bonds. The fourth-order valence-corrected chi connectivity index (χ4v) is 6.87. The molecule has 1 aliphatic carbocycles. The predicted molar refractivity (Wildman–Crippen MR) is 181 cm³/mol. The maximum Gasteiger partial charge on any atom is 0.411 e. The molecule has 1 atom stereocenters. The Morgan fingerprint density at radius 1 is 0.723 bits per heavy atom. The van der Waals surface area contributed by atoms with Gasteiger partial charge in [-0.2, -0.15) is 0 Å². The van der Waals surface area contributed by atoms with E-state index < -0.39 is 29.6 Å². The first kappa shape index (κ1) is 31.3. The lowest BCUT2D eigenvalue weighted by molar-refractivity contribution is -0.144. The Balaban J connectivity index is 1.54. The molecule has 7 heteroatoms. The van der Waals surface area contributed by atoms with Crippen LogP contribution in [0.25, 0.3) is 11.1 Å². The van der Waals surface area contributed by atoms with E-state index in [9.17, 15) is 19.5 Å². The number of carboxylic acids is 1. The maximum absolute atomic E-state index is 14.9. The molecule has 0 unspecified atom stereocenters. The Hall–Kier alpha value is -5.69. The zero-order chi connectivity index (χ0) is 33.0. The number of carboxylic acid groups (broad SMARTS) is 1. The second-order valence-corrected chi connectivity index (χ2v) is 11.8. The third-order valence-electron chi connectivity index (χ3n) is 9.01. The van der Waals surface area contributed by atoms with E-state index in [1.807, 2.05) is 128 Å². The minimum absolute atomic E-state index is 0.0148. The van der Waals surface area contributed by atoms with Crippen LogP contribution in [0.2, 0.25) is 0 Å². The van der Waals surface area contributed by atoms with Gasteiger partial charge in [0.1, 0.15) is 18.2 Å². The van der Waals surface area contributed by atoms with E-state index in [1.54, 1.807) is 0 Å². The first-order valence-electron chi connectivity index (χ1n) is 15.7. The van der Waals surface area contributed by atoms with E-state index in [0.29, 0.717) is 16.7 Å². The number of amides is 2. The van der Waals surface area contributed by atoms with Gasteiger partial charge < -0.3 is 15.6 Å². The molecule has 0 bridgehead atoms. The lowest BCUT2D eigenvalue weighted by Crippen LogP contribution is -2.58. The van der Waals surface area contributed by atoms with Gasteiger partial charge in [0.15, 0.2) is 0 Å². The van der Waals surface area contributed by atoms with Crippen LogP contribution in [0.3, 0.4) is 0 Å². The summed E-state index contributed by atoms with van der Waals surface area (Å²) in [6.07, 6.45) is -1.27. The highest BCUT2D eigenvalue weighted by molar-refractivity contribution is 5.84. The van der Waals surface area contributed by atoms with Gasteiger partial charge in [-0.25, -0.2) is 9.59 Å². The van der Waals surface area contributed by atoms with Gasteiger partial charge in [0.05, 0.1) is 0 Å². The number of nitrogens with two attached hydrogens (primary N) is 1. The van der Waals surface area contributed by atoms with Gasteiger partial charge in [0.2, 0.25) is 5.91 Å². The second-order valence-electron chi connectivity index (χ2n) is 11.8. The Kier molecular flexibility index (Phi) is 8.89. The summed E-state index contributed by atoms with van der Waals surface area (Å²) < 4.78 is 6.24. The van der Waals surface area contributed by atoms with Crippen molar-refractivity contribution in [3.63, 3.8) is 0 Å². The number of hydrogen-bond acceptors (Lipinski definition) is 4. The van der Waals surface area contributed by atoms with Crippen molar-refractivity contribution in [2.24, 2.45) is 5.73 Å². The standard InChI is InChI=1S/C40H36N2O5/c1-27-20-22-30(23-21-27)40(28-12-4-2-5-13-28,29-14-6-3-7-15-29)42(36(38(44)45)24-25-37(41)43)39(46)47-26-35-33-18-10-8-16-31(33)32-17-9-11-19-34(32)35/h2-23,35-36H,24-26H2,1H3,(H2,41,43)(H,44,45)/t36-/m0/s1. The van der Waals surface area contributed by atoms with Crippen molar-refractivity contribution in [2.45, 2.75) is 37.3 Å². The van der Waals surface area contributed by atoms with Crippen molar-refractivity contribution < 1.29 is 24.2 Å². The molecule has 47 heavy (non-hydrogen) atoms. The molecule has 0 aromatic heterocycles. The number of benzene rings is 5.